The summed E-state index contributed by atoms with van der Waals surface area (Å²) in [5.41, 5.74) is -0.397. The molecule has 2 aliphatic rings. The van der Waals surface area contributed by atoms with E-state index in [0.29, 0.717) is 0 Å². The van der Waals surface area contributed by atoms with Gasteiger partial charge in [0.15, 0.2) is 0 Å². The number of aliphatic hydroxyl groups is 1. The minimum atomic E-state index is -0.397. The van der Waals surface area contributed by atoms with Gasteiger partial charge in [-0.2, -0.15) is 0 Å². The Hall–Kier alpha value is -0.340. The molecule has 68 valence electrons. The quantitative estimate of drug-likeness (QED) is 0.621. The van der Waals surface area contributed by atoms with E-state index in [0.717, 1.165) is 19.0 Å². The third-order valence-electron chi connectivity index (χ3n) is 2.75. The highest BCUT2D eigenvalue weighted by Gasteiger charge is 2.36. The summed E-state index contributed by atoms with van der Waals surface area (Å²) in [6, 6.07) is 0. The van der Waals surface area contributed by atoms with Crippen LogP contribution in [0.25, 0.3) is 0 Å². The van der Waals surface area contributed by atoms with Crippen molar-refractivity contribution in [2.24, 2.45) is 5.92 Å². The van der Waals surface area contributed by atoms with Crippen molar-refractivity contribution in [3.05, 3.63) is 12.2 Å². The van der Waals surface area contributed by atoms with E-state index in [9.17, 15) is 5.11 Å². The molecule has 0 spiro atoms. The van der Waals surface area contributed by atoms with Gasteiger partial charge in [0.1, 0.15) is 0 Å². The van der Waals surface area contributed by atoms with E-state index in [4.69, 9.17) is 0 Å². The summed E-state index contributed by atoms with van der Waals surface area (Å²) < 4.78 is 0. The van der Waals surface area contributed by atoms with Crippen LogP contribution in [0, 0.1) is 5.92 Å². The maximum Gasteiger partial charge on any atom is 0.0872 e. The lowest BCUT2D eigenvalue weighted by molar-refractivity contribution is -0.0878. The smallest absolute Gasteiger partial charge is 0.0872 e. The Balaban J connectivity index is 1.69. The maximum absolute atomic E-state index is 9.50. The van der Waals surface area contributed by atoms with Crippen LogP contribution in [0.4, 0.5) is 0 Å². The molecule has 0 atom stereocenters. The van der Waals surface area contributed by atoms with Crippen LogP contribution in [0.3, 0.4) is 0 Å². The predicted octanol–water partition coefficient (Wildman–Crippen LogP) is 1.02. The predicted molar refractivity (Wildman–Crippen MR) is 48.9 cm³/mol. The zero-order valence-electron chi connectivity index (χ0n) is 7.66. The van der Waals surface area contributed by atoms with E-state index >= 15 is 0 Å². The number of hydrogen-bond donors (Lipinski definition) is 1. The average Bonchev–Trinajstić information content (AvgIpc) is 2.35. The number of nitrogens with zero attached hydrogens (tertiary/aromatic N) is 1. The lowest BCUT2D eigenvalue weighted by Gasteiger charge is -2.45. The molecule has 1 saturated heterocycles. The summed E-state index contributed by atoms with van der Waals surface area (Å²) in [4.78, 5) is 2.34. The average molecular weight is 167 g/mol. The van der Waals surface area contributed by atoms with Crippen LogP contribution in [0.1, 0.15) is 19.8 Å². The van der Waals surface area contributed by atoms with Crippen molar-refractivity contribution in [1.82, 2.24) is 4.90 Å². The SMILES string of the molecule is CC1(O)CN(CC2CC=CC2)C1. The molecule has 0 aromatic rings. The number of allylic oxidation sites excluding steroid dienone is 2. The highest BCUT2D eigenvalue weighted by molar-refractivity contribution is 4.98. The Morgan fingerprint density at radius 1 is 1.42 bits per heavy atom. The molecule has 0 radical (unpaired) electrons. The minimum Gasteiger partial charge on any atom is -0.388 e. The highest BCUT2D eigenvalue weighted by Crippen LogP contribution is 2.25. The van der Waals surface area contributed by atoms with Gasteiger partial charge in [-0.25, -0.2) is 0 Å². The number of β-amino-alcohol motifs (C(OH)–C–C–N with tert-alkyl or cyclic N) is 1. The zero-order chi connectivity index (χ0) is 8.60. The van der Waals surface area contributed by atoms with Crippen LogP contribution >= 0.6 is 0 Å². The standard InChI is InChI=1S/C10H17NO/c1-10(12)7-11(8-10)6-9-4-2-3-5-9/h2-3,9,12H,4-8H2,1H3. The van der Waals surface area contributed by atoms with Crippen molar-refractivity contribution in [2.45, 2.75) is 25.4 Å². The molecule has 1 fully saturated rings. The van der Waals surface area contributed by atoms with Crippen LogP contribution in [0.15, 0.2) is 12.2 Å². The summed E-state index contributed by atoms with van der Waals surface area (Å²) >= 11 is 0. The second-order valence-electron chi connectivity index (χ2n) is 4.48. The Labute approximate surface area is 73.9 Å². The monoisotopic (exact) mass is 167 g/mol. The first kappa shape index (κ1) is 8.27. The maximum atomic E-state index is 9.50. The van der Waals surface area contributed by atoms with Crippen LogP contribution in [-0.4, -0.2) is 35.2 Å². The fourth-order valence-electron chi connectivity index (χ4n) is 2.23. The summed E-state index contributed by atoms with van der Waals surface area (Å²) in [7, 11) is 0. The van der Waals surface area contributed by atoms with Crippen LogP contribution < -0.4 is 0 Å². The molecular formula is C10H17NO. The molecule has 0 bridgehead atoms. The molecule has 0 amide bonds. The molecule has 2 heteroatoms. The third kappa shape index (κ3) is 1.70. The van der Waals surface area contributed by atoms with Crippen molar-refractivity contribution < 1.29 is 5.11 Å². The Morgan fingerprint density at radius 3 is 2.50 bits per heavy atom. The first-order valence-electron chi connectivity index (χ1n) is 4.75. The molecule has 1 aliphatic carbocycles. The van der Waals surface area contributed by atoms with E-state index in [2.05, 4.69) is 17.1 Å². The largest absolute Gasteiger partial charge is 0.388 e. The first-order chi connectivity index (χ1) is 5.66. The summed E-state index contributed by atoms with van der Waals surface area (Å²) in [6.07, 6.45) is 7.00. The Bertz CT molecular complexity index is 182. The van der Waals surface area contributed by atoms with Crippen molar-refractivity contribution in [3.8, 4) is 0 Å². The van der Waals surface area contributed by atoms with Gasteiger partial charge in [0.05, 0.1) is 5.60 Å². The van der Waals surface area contributed by atoms with E-state index in [1.807, 2.05) is 6.92 Å². The molecule has 1 N–H and O–H groups in total. The van der Waals surface area contributed by atoms with Crippen LogP contribution in [0.2, 0.25) is 0 Å². The minimum absolute atomic E-state index is 0.397. The normalized spacial score (nSPS) is 29.2. The van der Waals surface area contributed by atoms with Gasteiger partial charge >= 0.3 is 0 Å². The Kier molecular flexibility index (Phi) is 1.97. The lowest BCUT2D eigenvalue weighted by atomic mass is 9.94. The summed E-state index contributed by atoms with van der Waals surface area (Å²) in [6.45, 7) is 4.81. The van der Waals surface area contributed by atoms with Gasteiger partial charge in [-0.3, -0.25) is 4.90 Å². The van der Waals surface area contributed by atoms with Crippen molar-refractivity contribution in [3.63, 3.8) is 0 Å². The molecular weight excluding hydrogens is 150 g/mol. The third-order valence-corrected chi connectivity index (χ3v) is 2.75. The van der Waals surface area contributed by atoms with E-state index in [-0.39, 0.29) is 0 Å². The van der Waals surface area contributed by atoms with Gasteiger partial charge in [-0.05, 0) is 25.7 Å². The lowest BCUT2D eigenvalue weighted by Crippen LogP contribution is -2.60. The fraction of sp³-hybridized carbons (Fsp3) is 0.800. The van der Waals surface area contributed by atoms with Crippen LogP contribution in [-0.2, 0) is 0 Å². The molecule has 2 nitrogen and oxygen atoms in total. The van der Waals surface area contributed by atoms with Crippen molar-refractivity contribution in [2.75, 3.05) is 19.6 Å². The summed E-state index contributed by atoms with van der Waals surface area (Å²) in [5, 5.41) is 9.50. The van der Waals surface area contributed by atoms with E-state index in [1.165, 1.54) is 19.4 Å². The summed E-state index contributed by atoms with van der Waals surface area (Å²) in [5.74, 6) is 0.820. The van der Waals surface area contributed by atoms with Gasteiger partial charge in [0.25, 0.3) is 0 Å². The van der Waals surface area contributed by atoms with E-state index in [1.54, 1.807) is 0 Å². The molecule has 0 saturated carbocycles. The Morgan fingerprint density at radius 2 is 2.00 bits per heavy atom. The van der Waals surface area contributed by atoms with Gasteiger partial charge in [-0.1, -0.05) is 12.2 Å². The number of rotatable bonds is 2. The number of hydrogen-bond acceptors (Lipinski definition) is 2. The zero-order valence-corrected chi connectivity index (χ0v) is 7.66. The first-order valence-corrected chi connectivity index (χ1v) is 4.75. The van der Waals surface area contributed by atoms with Crippen molar-refractivity contribution in [1.29, 1.82) is 0 Å². The second kappa shape index (κ2) is 2.86. The highest BCUT2D eigenvalue weighted by atomic mass is 16.3. The van der Waals surface area contributed by atoms with Crippen LogP contribution in [0.5, 0.6) is 0 Å². The van der Waals surface area contributed by atoms with Crippen molar-refractivity contribution >= 4 is 0 Å². The van der Waals surface area contributed by atoms with E-state index < -0.39 is 5.60 Å². The molecule has 1 aliphatic heterocycles. The number of likely N-dealkylation sites (tertiary alicyclic amines) is 1. The topological polar surface area (TPSA) is 23.5 Å². The van der Waals surface area contributed by atoms with Gasteiger partial charge in [0, 0.05) is 19.6 Å². The molecule has 0 aromatic heterocycles. The van der Waals surface area contributed by atoms with Gasteiger partial charge in [0.2, 0.25) is 0 Å². The molecule has 2 rings (SSSR count). The van der Waals surface area contributed by atoms with Gasteiger partial charge in [-0.15, -0.1) is 0 Å². The molecule has 12 heavy (non-hydrogen) atoms. The second-order valence-corrected chi connectivity index (χ2v) is 4.48. The van der Waals surface area contributed by atoms with Gasteiger partial charge < -0.3 is 5.11 Å². The fourth-order valence-corrected chi connectivity index (χ4v) is 2.23. The molecule has 0 unspecified atom stereocenters. The molecule has 1 heterocycles. The molecule has 0 aromatic carbocycles.